The number of carbonyl (C=O) groups excluding carboxylic acids is 3. The molecule has 0 radical (unpaired) electrons. The maximum Gasteiger partial charge on any atom is 0.472 e. The Morgan fingerprint density at radius 2 is 0.526 bits per heavy atom. The molecule has 0 spiro atoms. The van der Waals surface area contributed by atoms with E-state index in [1.54, 1.807) is 0 Å². The molecule has 4 N–H and O–H groups in total. The molecule has 0 amide bonds. The Labute approximate surface area is 574 Å². The summed E-state index contributed by atoms with van der Waals surface area (Å²) in [5, 5.41) is 20.6. The summed E-state index contributed by atoms with van der Waals surface area (Å²) < 4.78 is 60.9. The second-order valence-corrected chi connectivity index (χ2v) is 26.1. The molecule has 0 fully saturated rings. The first-order valence-corrected chi connectivity index (χ1v) is 38.8. The van der Waals surface area contributed by atoms with E-state index < -0.39 is 91.5 Å². The fourth-order valence-corrected chi connectivity index (χ4v) is 10.5. The Morgan fingerprint density at radius 3 is 0.832 bits per heavy atom. The van der Waals surface area contributed by atoms with Crippen molar-refractivity contribution in [3.05, 3.63) is 158 Å². The third kappa shape index (κ3) is 70.3. The van der Waals surface area contributed by atoms with Crippen LogP contribution in [0.3, 0.4) is 0 Å². The lowest BCUT2D eigenvalue weighted by Gasteiger charge is -2.21. The van der Waals surface area contributed by atoms with Gasteiger partial charge in [0.2, 0.25) is 0 Å². The summed E-state index contributed by atoms with van der Waals surface area (Å²) in [6, 6.07) is 0. The summed E-state index contributed by atoms with van der Waals surface area (Å²) in [6.45, 7) is 2.24. The average Bonchev–Trinajstić information content (AvgIpc) is 1.77. The average molecular weight is 1370 g/mol. The topological polar surface area (TPSA) is 231 Å². The van der Waals surface area contributed by atoms with Crippen LogP contribution in [0.25, 0.3) is 0 Å². The van der Waals surface area contributed by atoms with Gasteiger partial charge >= 0.3 is 33.6 Å². The van der Waals surface area contributed by atoms with Gasteiger partial charge in [0, 0.05) is 19.3 Å². The first-order chi connectivity index (χ1) is 46.2. The molecule has 16 nitrogen and oxygen atoms in total. The van der Waals surface area contributed by atoms with E-state index in [0.717, 1.165) is 167 Å². The van der Waals surface area contributed by atoms with Crippen molar-refractivity contribution in [2.45, 2.75) is 270 Å². The van der Waals surface area contributed by atoms with Crippen molar-refractivity contribution in [3.63, 3.8) is 0 Å². The van der Waals surface area contributed by atoms with Crippen LogP contribution in [0.1, 0.15) is 252 Å². The molecule has 0 saturated heterocycles. The number of esters is 3. The lowest BCUT2D eigenvalue weighted by Crippen LogP contribution is -2.30. The van der Waals surface area contributed by atoms with Crippen LogP contribution in [0.5, 0.6) is 0 Å². The Kier molecular flexibility index (Phi) is 65.6. The highest BCUT2D eigenvalue weighted by Crippen LogP contribution is 2.45. The predicted octanol–water partition coefficient (Wildman–Crippen LogP) is 20.3. The molecule has 0 aromatic heterocycles. The number of ether oxygens (including phenoxy) is 3. The lowest BCUT2D eigenvalue weighted by atomic mass is 10.1. The molecule has 0 saturated carbocycles. The Balaban J connectivity index is 4.66. The third-order valence-electron chi connectivity index (χ3n) is 14.2. The van der Waals surface area contributed by atoms with E-state index in [4.69, 9.17) is 32.3 Å². The fraction of sp³-hybridized carbons (Fsp3) is 0.623. The Bertz CT molecular complexity index is 2360. The normalized spacial score (nSPS) is 15.1. The van der Waals surface area contributed by atoms with Gasteiger partial charge in [0.05, 0.1) is 26.4 Å². The number of aliphatic hydroxyl groups excluding tert-OH is 2. The van der Waals surface area contributed by atoms with Crippen molar-refractivity contribution >= 4 is 33.6 Å². The van der Waals surface area contributed by atoms with Crippen LogP contribution in [-0.4, -0.2) is 95.9 Å². The van der Waals surface area contributed by atoms with Gasteiger partial charge in [0.25, 0.3) is 0 Å². The van der Waals surface area contributed by atoms with E-state index >= 15 is 0 Å². The van der Waals surface area contributed by atoms with Gasteiger partial charge < -0.3 is 34.2 Å². The molecule has 18 heteroatoms. The number of unbranched alkanes of at least 4 members (excludes halogenated alkanes) is 17. The summed E-state index contributed by atoms with van der Waals surface area (Å²) in [5.74, 6) is -1.65. The number of phosphoric acid groups is 2. The van der Waals surface area contributed by atoms with E-state index in [1.807, 2.05) is 0 Å². The molecule has 0 aromatic rings. The summed E-state index contributed by atoms with van der Waals surface area (Å²) in [5.41, 5.74) is 0. The van der Waals surface area contributed by atoms with Crippen LogP contribution in [0.4, 0.5) is 0 Å². The van der Waals surface area contributed by atoms with Crippen molar-refractivity contribution in [2.24, 2.45) is 0 Å². The number of hydrogen-bond acceptors (Lipinski definition) is 14. The van der Waals surface area contributed by atoms with Crippen molar-refractivity contribution in [3.8, 4) is 0 Å². The van der Waals surface area contributed by atoms with Crippen LogP contribution < -0.4 is 0 Å². The van der Waals surface area contributed by atoms with Crippen molar-refractivity contribution in [2.75, 3.05) is 39.6 Å². The summed E-state index contributed by atoms with van der Waals surface area (Å²) in [6.07, 6.45) is 84.3. The molecule has 0 aromatic carbocycles. The summed E-state index contributed by atoms with van der Waals surface area (Å²) in [4.78, 5) is 58.5. The second kappa shape index (κ2) is 69.1. The molecule has 0 heterocycles. The molecule has 0 rings (SSSR count). The molecule has 0 aliphatic rings. The molecular formula is C77H126O16P2. The smallest absolute Gasteiger partial charge is 0.463 e. The van der Waals surface area contributed by atoms with Gasteiger partial charge in [-0.1, -0.05) is 249 Å². The zero-order valence-corrected chi connectivity index (χ0v) is 60.3. The van der Waals surface area contributed by atoms with E-state index in [-0.39, 0.29) is 19.3 Å². The quantitative estimate of drug-likeness (QED) is 0.0146. The van der Waals surface area contributed by atoms with Gasteiger partial charge in [-0.25, -0.2) is 9.13 Å². The first-order valence-electron chi connectivity index (χ1n) is 35.8. The van der Waals surface area contributed by atoms with E-state index in [2.05, 4.69) is 179 Å². The minimum atomic E-state index is -4.95. The van der Waals surface area contributed by atoms with Gasteiger partial charge in [0.15, 0.2) is 6.10 Å². The van der Waals surface area contributed by atoms with Gasteiger partial charge in [-0.15, -0.1) is 0 Å². The largest absolute Gasteiger partial charge is 0.472 e. The molecule has 0 aliphatic heterocycles. The molecular weight excluding hydrogens is 1240 g/mol. The maximum absolute atomic E-state index is 12.9. The predicted molar refractivity (Wildman–Crippen MR) is 389 cm³/mol. The van der Waals surface area contributed by atoms with Gasteiger partial charge in [-0.05, 0) is 141 Å². The highest BCUT2D eigenvalue weighted by Gasteiger charge is 2.29. The number of carbonyl (C=O) groups is 3. The maximum atomic E-state index is 12.9. The SMILES string of the molecule is CC/C=C\C/C=C\C/C=C\C/C=C\C/C=C\CCCCCCCCCCCC(=O)OCC(O)COP(=O)(O)OCC(O)COP(=O)(O)OCC(COC(=O)CCCCCC/C=C\C/C=C\C/C=C\C/C=C\CC)OC(=O)CCCCCC/C=C\C/C=C\C/C=C\C/C=C\CC. The van der Waals surface area contributed by atoms with Crippen molar-refractivity contribution < 1.29 is 75.8 Å². The molecule has 5 unspecified atom stereocenters. The van der Waals surface area contributed by atoms with Crippen LogP contribution in [0, 0.1) is 0 Å². The minimum Gasteiger partial charge on any atom is -0.463 e. The molecule has 95 heavy (non-hydrogen) atoms. The Morgan fingerprint density at radius 1 is 0.295 bits per heavy atom. The summed E-state index contributed by atoms with van der Waals surface area (Å²) >= 11 is 0. The van der Waals surface area contributed by atoms with Crippen LogP contribution >= 0.6 is 15.6 Å². The second-order valence-electron chi connectivity index (χ2n) is 23.2. The van der Waals surface area contributed by atoms with Crippen LogP contribution in [-0.2, 0) is 55.8 Å². The number of aliphatic hydroxyl groups is 2. The van der Waals surface area contributed by atoms with E-state index in [1.165, 1.54) is 25.7 Å². The number of allylic oxidation sites excluding steroid dienone is 26. The van der Waals surface area contributed by atoms with E-state index in [0.29, 0.717) is 19.3 Å². The van der Waals surface area contributed by atoms with Gasteiger partial charge in [-0.2, -0.15) is 0 Å². The minimum absolute atomic E-state index is 0.0652. The number of phosphoric ester groups is 2. The molecule has 0 aliphatic carbocycles. The first kappa shape index (κ1) is 90.2. The zero-order valence-electron chi connectivity index (χ0n) is 58.5. The summed E-state index contributed by atoms with van der Waals surface area (Å²) in [7, 11) is -9.81. The Hall–Kier alpha value is -4.83. The molecule has 540 valence electrons. The third-order valence-corrected chi connectivity index (χ3v) is 16.1. The monoisotopic (exact) mass is 1370 g/mol. The van der Waals surface area contributed by atoms with E-state index in [9.17, 15) is 43.5 Å². The highest BCUT2D eigenvalue weighted by molar-refractivity contribution is 7.47. The lowest BCUT2D eigenvalue weighted by molar-refractivity contribution is -0.161. The number of hydrogen-bond donors (Lipinski definition) is 4. The molecule has 5 atom stereocenters. The van der Waals surface area contributed by atoms with Crippen molar-refractivity contribution in [1.29, 1.82) is 0 Å². The number of rotatable bonds is 66. The van der Waals surface area contributed by atoms with Gasteiger partial charge in [0.1, 0.15) is 25.4 Å². The van der Waals surface area contributed by atoms with Crippen LogP contribution in [0.2, 0.25) is 0 Å². The van der Waals surface area contributed by atoms with Crippen molar-refractivity contribution in [1.82, 2.24) is 0 Å². The molecule has 0 bridgehead atoms. The zero-order chi connectivity index (χ0) is 69.5. The standard InChI is InChI=1S/C77H126O16P2/c1-4-7-10-13-16-19-22-25-28-31-32-33-34-35-36-37-38-41-43-45-48-51-54-57-60-63-75(80)87-66-72(78)67-89-94(83,84)90-68-73(79)69-91-95(85,86)92-71-74(93-77(82)65-62-59-56-53-50-47-44-40-30-27-24-21-18-15-12-9-6-3)70-88-76(81)64-61-58-55-52-49-46-42-39-29-26-23-20-17-14-11-8-5-2/h7-12,16-21,25-30,32-33,35-36,42,44,46-47,72-74,78-79H,4-6,13-15,22-24,31,34,37-41,43,45,48-71H2,1-3H3,(H,83,84)(H,85,86)/b10-7-,11-8-,12-9-,19-16-,20-17-,21-18-,28-25-,29-26-,30-27-,33-32-,36-35-,46-42-,47-44-. The fourth-order valence-electron chi connectivity index (χ4n) is 8.87. The van der Waals surface area contributed by atoms with Gasteiger partial charge in [-0.3, -0.25) is 32.5 Å². The van der Waals surface area contributed by atoms with Crippen LogP contribution in [0.15, 0.2) is 158 Å². The highest BCUT2D eigenvalue weighted by atomic mass is 31.2.